The summed E-state index contributed by atoms with van der Waals surface area (Å²) in [7, 11) is 1.78. The van der Waals surface area contributed by atoms with Crippen molar-refractivity contribution in [2.24, 2.45) is 0 Å². The number of anilines is 3. The van der Waals surface area contributed by atoms with E-state index in [2.05, 4.69) is 32.6 Å². The van der Waals surface area contributed by atoms with Gasteiger partial charge in [0.1, 0.15) is 17.4 Å². The molecule has 0 unspecified atom stereocenters. The number of fused-ring (bicyclic) bond motifs is 1. The Balaban J connectivity index is 1.37. The minimum Gasteiger partial charge on any atom is -0.335 e. The van der Waals surface area contributed by atoms with Crippen LogP contribution in [0.2, 0.25) is 0 Å². The molecule has 12 heteroatoms. The lowest BCUT2D eigenvalue weighted by Crippen LogP contribution is -2.51. The first-order chi connectivity index (χ1) is 15.5. The number of hydrogen-bond acceptors (Lipinski definition) is 5. The van der Waals surface area contributed by atoms with Crippen LogP contribution in [0, 0.1) is 24.4 Å². The Bertz CT molecular complexity index is 1140. The maximum absolute atomic E-state index is 13.3. The molecular formula is C21H23F3N7O2+. The molecule has 1 atom stereocenters. The largest absolute Gasteiger partial charge is 0.434 e. The molecule has 1 fully saturated rings. The lowest BCUT2D eigenvalue weighted by molar-refractivity contribution is -0.501. The van der Waals surface area contributed by atoms with Crippen molar-refractivity contribution < 1.29 is 27.3 Å². The van der Waals surface area contributed by atoms with Crippen molar-refractivity contribution in [2.45, 2.75) is 44.8 Å². The molecule has 1 aromatic heterocycles. The lowest BCUT2D eigenvalue weighted by Gasteiger charge is -2.35. The molecule has 1 saturated carbocycles. The van der Waals surface area contributed by atoms with Gasteiger partial charge in [0.15, 0.2) is 17.5 Å². The Labute approximate surface area is 187 Å². The molecule has 9 nitrogen and oxygen atoms in total. The van der Waals surface area contributed by atoms with Gasteiger partial charge in [0.05, 0.1) is 6.04 Å². The Morgan fingerprint density at radius 2 is 1.88 bits per heavy atom. The van der Waals surface area contributed by atoms with Gasteiger partial charge in [-0.15, -0.1) is 0 Å². The van der Waals surface area contributed by atoms with Gasteiger partial charge in [-0.05, 0) is 18.8 Å². The second-order valence-corrected chi connectivity index (χ2v) is 8.23. The maximum atomic E-state index is 13.3. The molecule has 33 heavy (non-hydrogen) atoms. The minimum absolute atomic E-state index is 0.0469. The van der Waals surface area contributed by atoms with Crippen molar-refractivity contribution in [3.8, 4) is 0 Å². The van der Waals surface area contributed by atoms with Gasteiger partial charge in [-0.1, -0.05) is 4.98 Å². The predicted octanol–water partition coefficient (Wildman–Crippen LogP) is 2.68. The van der Waals surface area contributed by atoms with Gasteiger partial charge in [0, 0.05) is 50.5 Å². The molecule has 2 aliphatic rings. The topological polar surface area (TPSA) is 102 Å². The van der Waals surface area contributed by atoms with Crippen LogP contribution in [-0.2, 0) is 4.79 Å². The van der Waals surface area contributed by atoms with E-state index in [0.717, 1.165) is 0 Å². The van der Waals surface area contributed by atoms with Crippen molar-refractivity contribution in [1.29, 1.82) is 0 Å². The van der Waals surface area contributed by atoms with Crippen LogP contribution in [0.4, 0.5) is 41.1 Å². The molecule has 3 amide bonds. The van der Waals surface area contributed by atoms with Crippen molar-refractivity contribution >= 4 is 41.8 Å². The van der Waals surface area contributed by atoms with Gasteiger partial charge < -0.3 is 20.9 Å². The highest BCUT2D eigenvalue weighted by molar-refractivity contribution is 6.03. The number of likely N-dealkylation sites (N-methyl/N-ethyl adjacent to an activating group) is 1. The maximum Gasteiger partial charge on any atom is 0.434 e. The average molecular weight is 462 g/mol. The van der Waals surface area contributed by atoms with Crippen molar-refractivity contribution in [3.05, 3.63) is 35.3 Å². The van der Waals surface area contributed by atoms with Crippen LogP contribution in [0.5, 0.6) is 0 Å². The first-order valence-electron chi connectivity index (χ1n) is 10.3. The molecule has 1 aromatic carbocycles. The van der Waals surface area contributed by atoms with E-state index in [-0.39, 0.29) is 29.7 Å². The van der Waals surface area contributed by atoms with E-state index < -0.39 is 23.5 Å². The van der Waals surface area contributed by atoms with Gasteiger partial charge in [0.2, 0.25) is 11.7 Å². The number of aromatic nitrogens is 2. The van der Waals surface area contributed by atoms with Crippen LogP contribution in [-0.4, -0.2) is 58.4 Å². The number of benzene rings is 1. The first-order valence-corrected chi connectivity index (χ1v) is 10.3. The molecule has 1 aliphatic carbocycles. The zero-order valence-electron chi connectivity index (χ0n) is 18.2. The lowest BCUT2D eigenvalue weighted by atomic mass is 9.86. The third-order valence-electron chi connectivity index (χ3n) is 5.99. The molecule has 0 bridgehead atoms. The second-order valence-electron chi connectivity index (χ2n) is 8.23. The number of aryl methyl sites for hydroxylation is 1. The quantitative estimate of drug-likeness (QED) is 0.368. The summed E-state index contributed by atoms with van der Waals surface area (Å²) in [6.45, 7) is 7.60. The number of nitrogens with zero attached hydrogens (tertiary/aromatic N) is 4. The Kier molecular flexibility index (Phi) is 5.68. The standard InChI is InChI=1S/C21H22F3N7O2/c1-9-17-18(30(3)10(2)19(32)28-17)29-20(25-9)31(4)13-5-11(6-13)26-21(33)27-12-7-14(22)16(24)15(23)8-12/h7-8,10-11,13H,4-6H2,1-3H3,(H2-,26,27,28,32,33)/p+1/t10-,11-,13+/m0/s1. The number of halogens is 3. The fourth-order valence-corrected chi connectivity index (χ4v) is 3.76. The number of urea groups is 1. The molecule has 174 valence electrons. The van der Waals surface area contributed by atoms with Crippen LogP contribution in [0.15, 0.2) is 12.1 Å². The molecule has 1 aliphatic heterocycles. The Hall–Kier alpha value is -3.70. The fourth-order valence-electron chi connectivity index (χ4n) is 3.76. The SMILES string of the molecule is C=[N+](c1nc(C)c2c(n1)N(C)[C@@H](C)C(=O)N2)[C@H]1C[C@@H](NC(=O)Nc2cc(F)c(F)c(F)c2)C1. The molecule has 0 radical (unpaired) electrons. The average Bonchev–Trinajstić information content (AvgIpc) is 2.72. The van der Waals surface area contributed by atoms with Crippen molar-refractivity contribution in [2.75, 3.05) is 22.6 Å². The van der Waals surface area contributed by atoms with E-state index in [1.165, 1.54) is 0 Å². The predicted molar refractivity (Wildman–Crippen MR) is 116 cm³/mol. The normalized spacial score (nSPS) is 21.6. The van der Waals surface area contributed by atoms with Crippen LogP contribution in [0.25, 0.3) is 0 Å². The van der Waals surface area contributed by atoms with Crippen LogP contribution < -0.4 is 20.9 Å². The summed E-state index contributed by atoms with van der Waals surface area (Å²) in [6.07, 6.45) is 1.09. The molecule has 2 heterocycles. The zero-order valence-corrected chi connectivity index (χ0v) is 18.2. The van der Waals surface area contributed by atoms with Gasteiger partial charge in [-0.2, -0.15) is 0 Å². The van der Waals surface area contributed by atoms with Crippen molar-refractivity contribution in [1.82, 2.24) is 15.3 Å². The Morgan fingerprint density at radius 3 is 2.52 bits per heavy atom. The molecule has 0 saturated heterocycles. The number of rotatable bonds is 4. The molecule has 0 spiro atoms. The van der Waals surface area contributed by atoms with Gasteiger partial charge >= 0.3 is 12.0 Å². The summed E-state index contributed by atoms with van der Waals surface area (Å²) in [4.78, 5) is 35.0. The van der Waals surface area contributed by atoms with Crippen LogP contribution in [0.1, 0.15) is 25.5 Å². The van der Waals surface area contributed by atoms with E-state index in [1.807, 2.05) is 0 Å². The van der Waals surface area contributed by atoms with Gasteiger partial charge in [-0.25, -0.2) is 22.5 Å². The highest BCUT2D eigenvalue weighted by Gasteiger charge is 2.39. The molecule has 4 rings (SSSR count). The van der Waals surface area contributed by atoms with E-state index in [9.17, 15) is 22.8 Å². The van der Waals surface area contributed by atoms with Crippen LogP contribution in [0.3, 0.4) is 0 Å². The summed E-state index contributed by atoms with van der Waals surface area (Å²) in [6, 6.07) is 0.123. The Morgan fingerprint density at radius 1 is 1.24 bits per heavy atom. The zero-order chi connectivity index (χ0) is 24.0. The smallest absolute Gasteiger partial charge is 0.335 e. The van der Waals surface area contributed by atoms with E-state index >= 15 is 0 Å². The number of carbonyl (C=O) groups excluding carboxylic acids is 2. The van der Waals surface area contributed by atoms with E-state index in [1.54, 1.807) is 30.4 Å². The number of hydrogen-bond donors (Lipinski definition) is 3. The van der Waals surface area contributed by atoms with Gasteiger partial charge in [-0.3, -0.25) is 4.79 Å². The van der Waals surface area contributed by atoms with E-state index in [4.69, 9.17) is 0 Å². The minimum atomic E-state index is -1.60. The number of amides is 3. The molecular weight excluding hydrogens is 439 g/mol. The number of nitrogens with one attached hydrogen (secondary N) is 3. The molecule has 2 aromatic rings. The first kappa shape index (κ1) is 22.5. The third kappa shape index (κ3) is 4.20. The number of carbonyl (C=O) groups is 2. The fraction of sp³-hybridized carbons (Fsp3) is 0.381. The molecule has 3 N–H and O–H groups in total. The second kappa shape index (κ2) is 8.34. The van der Waals surface area contributed by atoms with E-state index in [0.29, 0.717) is 48.1 Å². The van der Waals surface area contributed by atoms with Gasteiger partial charge in [0.25, 0.3) is 0 Å². The summed E-state index contributed by atoms with van der Waals surface area (Å²) < 4.78 is 41.3. The monoisotopic (exact) mass is 462 g/mol. The summed E-state index contributed by atoms with van der Waals surface area (Å²) in [5.74, 6) is -3.51. The van der Waals surface area contributed by atoms with Crippen LogP contribution >= 0.6 is 0 Å². The van der Waals surface area contributed by atoms with Crippen molar-refractivity contribution in [3.63, 3.8) is 0 Å². The summed E-state index contributed by atoms with van der Waals surface area (Å²) in [5.41, 5.74) is 0.987. The summed E-state index contributed by atoms with van der Waals surface area (Å²) >= 11 is 0. The highest BCUT2D eigenvalue weighted by atomic mass is 19.2. The summed E-state index contributed by atoms with van der Waals surface area (Å²) in [5, 5.41) is 7.81. The highest BCUT2D eigenvalue weighted by Crippen LogP contribution is 2.34. The third-order valence-corrected chi connectivity index (χ3v) is 5.99.